The molecule has 1 nitrogen and oxygen atoms in total. The van der Waals surface area contributed by atoms with Gasteiger partial charge in [-0.3, -0.25) is 0 Å². The van der Waals surface area contributed by atoms with E-state index in [2.05, 4.69) is 5.92 Å². The molecule has 0 saturated carbocycles. The average molecular weight is 170 g/mol. The van der Waals surface area contributed by atoms with Gasteiger partial charge in [0.1, 0.15) is 0 Å². The summed E-state index contributed by atoms with van der Waals surface area (Å²) in [7, 11) is 0. The van der Waals surface area contributed by atoms with Crippen molar-refractivity contribution in [2.24, 2.45) is 0 Å². The van der Waals surface area contributed by atoms with Gasteiger partial charge in [0, 0.05) is 11.7 Å². The van der Waals surface area contributed by atoms with E-state index in [1.54, 1.807) is 0 Å². The lowest BCUT2D eigenvalue weighted by Gasteiger charge is -2.14. The molecule has 0 spiro atoms. The SMILES string of the molecule is C#CCCC(O)C1CCCS1. The lowest BCUT2D eigenvalue weighted by Crippen LogP contribution is -2.19. The summed E-state index contributed by atoms with van der Waals surface area (Å²) in [5.41, 5.74) is 0. The first-order valence-corrected chi connectivity index (χ1v) is 5.12. The third-order valence-corrected chi connectivity index (χ3v) is 3.48. The summed E-state index contributed by atoms with van der Waals surface area (Å²) in [4.78, 5) is 0. The molecule has 1 saturated heterocycles. The van der Waals surface area contributed by atoms with Gasteiger partial charge in [-0.25, -0.2) is 0 Å². The molecule has 62 valence electrons. The first-order valence-electron chi connectivity index (χ1n) is 4.07. The third kappa shape index (κ3) is 2.76. The number of thioether (sulfide) groups is 1. The second kappa shape index (κ2) is 4.69. The molecule has 0 aliphatic carbocycles. The number of aliphatic hydroxyl groups excluding tert-OH is 1. The summed E-state index contributed by atoms with van der Waals surface area (Å²) in [6.07, 6.45) is 8.83. The zero-order chi connectivity index (χ0) is 8.10. The van der Waals surface area contributed by atoms with Gasteiger partial charge in [-0.15, -0.1) is 12.3 Å². The maximum atomic E-state index is 9.56. The highest BCUT2D eigenvalue weighted by Crippen LogP contribution is 2.30. The summed E-state index contributed by atoms with van der Waals surface area (Å²) >= 11 is 1.88. The Bertz CT molecular complexity index is 144. The average Bonchev–Trinajstić information content (AvgIpc) is 2.52. The van der Waals surface area contributed by atoms with Gasteiger partial charge >= 0.3 is 0 Å². The van der Waals surface area contributed by atoms with E-state index in [4.69, 9.17) is 6.42 Å². The highest BCUT2D eigenvalue weighted by molar-refractivity contribution is 8.00. The Morgan fingerprint density at radius 2 is 2.55 bits per heavy atom. The van der Waals surface area contributed by atoms with Crippen molar-refractivity contribution in [2.75, 3.05) is 5.75 Å². The molecule has 0 radical (unpaired) electrons. The number of aliphatic hydroxyl groups is 1. The maximum Gasteiger partial charge on any atom is 0.0667 e. The van der Waals surface area contributed by atoms with Crippen LogP contribution in [-0.2, 0) is 0 Å². The second-order valence-corrected chi connectivity index (χ2v) is 4.21. The van der Waals surface area contributed by atoms with Gasteiger partial charge in [0.05, 0.1) is 6.10 Å². The van der Waals surface area contributed by atoms with Crippen LogP contribution in [0.4, 0.5) is 0 Å². The van der Waals surface area contributed by atoms with Crippen LogP contribution >= 0.6 is 11.8 Å². The highest BCUT2D eigenvalue weighted by Gasteiger charge is 2.22. The summed E-state index contributed by atoms with van der Waals surface area (Å²) in [6, 6.07) is 0. The fourth-order valence-electron chi connectivity index (χ4n) is 1.32. The maximum absolute atomic E-state index is 9.56. The number of rotatable bonds is 3. The molecule has 1 aliphatic rings. The lowest BCUT2D eigenvalue weighted by molar-refractivity contribution is 0.162. The van der Waals surface area contributed by atoms with Crippen LogP contribution in [0.2, 0.25) is 0 Å². The molecule has 2 unspecified atom stereocenters. The number of terminal acetylenes is 1. The molecule has 2 atom stereocenters. The summed E-state index contributed by atoms with van der Waals surface area (Å²) in [5.74, 6) is 3.76. The van der Waals surface area contributed by atoms with E-state index in [9.17, 15) is 5.11 Å². The molecule has 1 aliphatic heterocycles. The molecular formula is C9H14OS. The van der Waals surface area contributed by atoms with Crippen molar-refractivity contribution >= 4 is 11.8 Å². The van der Waals surface area contributed by atoms with Gasteiger partial charge in [0.25, 0.3) is 0 Å². The van der Waals surface area contributed by atoms with Crippen LogP contribution < -0.4 is 0 Å². The van der Waals surface area contributed by atoms with Gasteiger partial charge in [-0.1, -0.05) is 0 Å². The molecule has 1 N–H and O–H groups in total. The summed E-state index contributed by atoms with van der Waals surface area (Å²) in [6.45, 7) is 0. The molecule has 11 heavy (non-hydrogen) atoms. The van der Waals surface area contributed by atoms with Crippen molar-refractivity contribution in [2.45, 2.75) is 37.0 Å². The van der Waals surface area contributed by atoms with Crippen LogP contribution in [0.1, 0.15) is 25.7 Å². The van der Waals surface area contributed by atoms with E-state index in [1.165, 1.54) is 12.2 Å². The summed E-state index contributed by atoms with van der Waals surface area (Å²) < 4.78 is 0. The smallest absolute Gasteiger partial charge is 0.0667 e. The fraction of sp³-hybridized carbons (Fsp3) is 0.778. The standard InChI is InChI=1S/C9H14OS/c1-2-3-5-8(10)9-6-4-7-11-9/h1,8-10H,3-7H2. The minimum absolute atomic E-state index is 0.168. The molecule has 0 aromatic rings. The molecule has 0 amide bonds. The Kier molecular flexibility index (Phi) is 3.82. The minimum atomic E-state index is -0.168. The van der Waals surface area contributed by atoms with Crippen molar-refractivity contribution in [3.63, 3.8) is 0 Å². The molecule has 0 bridgehead atoms. The third-order valence-electron chi connectivity index (χ3n) is 1.98. The van der Waals surface area contributed by atoms with Gasteiger partial charge in [0.15, 0.2) is 0 Å². The van der Waals surface area contributed by atoms with Crippen LogP contribution in [0.25, 0.3) is 0 Å². The van der Waals surface area contributed by atoms with Crippen molar-refractivity contribution in [1.82, 2.24) is 0 Å². The lowest BCUT2D eigenvalue weighted by atomic mass is 10.1. The van der Waals surface area contributed by atoms with Gasteiger partial charge in [-0.2, -0.15) is 11.8 Å². The Hall–Kier alpha value is -0.130. The van der Waals surface area contributed by atoms with E-state index in [1.807, 2.05) is 11.8 Å². The number of hydrogen-bond donors (Lipinski definition) is 1. The molecule has 0 aromatic carbocycles. The van der Waals surface area contributed by atoms with Crippen LogP contribution in [0, 0.1) is 12.3 Å². The Balaban J connectivity index is 2.18. The van der Waals surface area contributed by atoms with E-state index in [0.717, 1.165) is 12.8 Å². The van der Waals surface area contributed by atoms with E-state index < -0.39 is 0 Å². The molecule has 2 heteroatoms. The Morgan fingerprint density at radius 3 is 3.09 bits per heavy atom. The Morgan fingerprint density at radius 1 is 1.73 bits per heavy atom. The molecular weight excluding hydrogens is 156 g/mol. The quantitative estimate of drug-likeness (QED) is 0.650. The largest absolute Gasteiger partial charge is 0.392 e. The molecule has 1 heterocycles. The highest BCUT2D eigenvalue weighted by atomic mass is 32.2. The molecule has 1 rings (SSSR count). The van der Waals surface area contributed by atoms with Crippen LogP contribution in [-0.4, -0.2) is 22.2 Å². The fourth-order valence-corrected chi connectivity index (χ4v) is 2.65. The zero-order valence-corrected chi connectivity index (χ0v) is 7.44. The normalized spacial score (nSPS) is 26.4. The van der Waals surface area contributed by atoms with Crippen molar-refractivity contribution in [3.05, 3.63) is 0 Å². The van der Waals surface area contributed by atoms with Crippen molar-refractivity contribution < 1.29 is 5.11 Å². The van der Waals surface area contributed by atoms with E-state index >= 15 is 0 Å². The van der Waals surface area contributed by atoms with Crippen LogP contribution in [0.3, 0.4) is 0 Å². The predicted octanol–water partition coefficient (Wildman–Crippen LogP) is 1.66. The zero-order valence-electron chi connectivity index (χ0n) is 6.62. The van der Waals surface area contributed by atoms with Crippen LogP contribution in [0.5, 0.6) is 0 Å². The summed E-state index contributed by atoms with van der Waals surface area (Å²) in [5, 5.41) is 10.0. The first-order chi connectivity index (χ1) is 5.34. The molecule has 0 aromatic heterocycles. The predicted molar refractivity (Wildman–Crippen MR) is 49.6 cm³/mol. The number of hydrogen-bond acceptors (Lipinski definition) is 2. The monoisotopic (exact) mass is 170 g/mol. The Labute approximate surface area is 72.6 Å². The van der Waals surface area contributed by atoms with Crippen LogP contribution in [0.15, 0.2) is 0 Å². The second-order valence-electron chi connectivity index (χ2n) is 2.86. The van der Waals surface area contributed by atoms with Gasteiger partial charge < -0.3 is 5.11 Å². The van der Waals surface area contributed by atoms with Crippen molar-refractivity contribution in [3.8, 4) is 12.3 Å². The minimum Gasteiger partial charge on any atom is -0.392 e. The van der Waals surface area contributed by atoms with Crippen molar-refractivity contribution in [1.29, 1.82) is 0 Å². The molecule has 1 fully saturated rings. The topological polar surface area (TPSA) is 20.2 Å². The van der Waals surface area contributed by atoms with Gasteiger partial charge in [0.2, 0.25) is 0 Å². The van der Waals surface area contributed by atoms with E-state index in [0.29, 0.717) is 11.7 Å². The van der Waals surface area contributed by atoms with Gasteiger partial charge in [-0.05, 0) is 25.0 Å². The first kappa shape index (κ1) is 8.96. The van der Waals surface area contributed by atoms with E-state index in [-0.39, 0.29) is 6.10 Å².